The van der Waals surface area contributed by atoms with E-state index >= 15 is 0 Å². The summed E-state index contributed by atoms with van der Waals surface area (Å²) in [6.07, 6.45) is 0. The van der Waals surface area contributed by atoms with E-state index in [1.54, 1.807) is 16.2 Å². The Hall–Kier alpha value is -3.24. The molecule has 0 N–H and O–H groups in total. The van der Waals surface area contributed by atoms with Crippen molar-refractivity contribution >= 4 is 33.1 Å². The summed E-state index contributed by atoms with van der Waals surface area (Å²) in [6.45, 7) is 5.11. The van der Waals surface area contributed by atoms with Crippen LogP contribution in [0.1, 0.15) is 28.3 Å². The number of amides is 1. The van der Waals surface area contributed by atoms with Crippen molar-refractivity contribution in [1.82, 2.24) is 14.8 Å². The molecule has 10 heteroatoms. The van der Waals surface area contributed by atoms with Crippen LogP contribution in [0.4, 0.5) is 5.69 Å². The second-order valence-corrected chi connectivity index (χ2v) is 8.86. The first-order valence-corrected chi connectivity index (χ1v) is 11.3. The number of carbonyl (C=O) groups excluding carboxylic acids is 1. The molecule has 1 fully saturated rings. The highest BCUT2D eigenvalue weighted by atomic mass is 32.1. The number of carbonyl (C=O) groups is 1. The van der Waals surface area contributed by atoms with Crippen LogP contribution in [0.25, 0.3) is 10.2 Å². The molecule has 3 heterocycles. The third kappa shape index (κ3) is 3.76. The molecule has 0 aliphatic carbocycles. The monoisotopic (exact) mass is 454 g/mol. The SMILES string of the molecule is CC(c1nc2ccccc2s1)N1CCN(C(=O)c2cc3c(cc2[N+](=O)[O-])OCCO3)CC1. The van der Waals surface area contributed by atoms with Gasteiger partial charge in [-0.3, -0.25) is 19.8 Å². The lowest BCUT2D eigenvalue weighted by atomic mass is 10.1. The number of thiazole rings is 1. The van der Waals surface area contributed by atoms with E-state index in [-0.39, 0.29) is 23.2 Å². The summed E-state index contributed by atoms with van der Waals surface area (Å²) >= 11 is 1.69. The minimum absolute atomic E-state index is 0.0342. The predicted octanol–water partition coefficient (Wildman–Crippen LogP) is 3.49. The number of aromatic nitrogens is 1. The van der Waals surface area contributed by atoms with Gasteiger partial charge in [-0.25, -0.2) is 4.98 Å². The summed E-state index contributed by atoms with van der Waals surface area (Å²) in [6, 6.07) is 10.9. The second-order valence-electron chi connectivity index (χ2n) is 7.79. The highest BCUT2D eigenvalue weighted by Gasteiger charge is 2.32. The molecule has 166 valence electrons. The Labute approximate surface area is 188 Å². The summed E-state index contributed by atoms with van der Waals surface area (Å²) in [7, 11) is 0. The minimum atomic E-state index is -0.545. The predicted molar refractivity (Wildman–Crippen MR) is 120 cm³/mol. The third-order valence-corrected chi connectivity index (χ3v) is 7.11. The molecule has 1 unspecified atom stereocenters. The first-order valence-electron chi connectivity index (χ1n) is 10.5. The fourth-order valence-electron chi connectivity index (χ4n) is 4.11. The van der Waals surface area contributed by atoms with Gasteiger partial charge in [0.25, 0.3) is 11.6 Å². The number of nitro groups is 1. The molecule has 2 aliphatic heterocycles. The van der Waals surface area contributed by atoms with E-state index < -0.39 is 4.92 Å². The number of para-hydroxylation sites is 1. The molecular weight excluding hydrogens is 432 g/mol. The Bertz CT molecular complexity index is 1160. The standard InChI is InChI=1S/C22H22N4O5S/c1-14(21-23-16-4-2-3-5-20(16)32-21)24-6-8-25(9-7-24)22(27)15-12-18-19(31-11-10-30-18)13-17(15)26(28)29/h2-5,12-14H,6-11H2,1H3. The van der Waals surface area contributed by atoms with E-state index in [0.29, 0.717) is 50.9 Å². The Morgan fingerprint density at radius 2 is 1.81 bits per heavy atom. The first-order chi connectivity index (χ1) is 15.5. The molecule has 2 aliphatic rings. The summed E-state index contributed by atoms with van der Waals surface area (Å²) in [5.74, 6) is 0.309. The zero-order valence-corrected chi connectivity index (χ0v) is 18.3. The van der Waals surface area contributed by atoms with Gasteiger partial charge in [-0.1, -0.05) is 12.1 Å². The number of benzene rings is 2. The van der Waals surface area contributed by atoms with Crippen LogP contribution in [0.15, 0.2) is 36.4 Å². The fourth-order valence-corrected chi connectivity index (χ4v) is 5.16. The first kappa shape index (κ1) is 20.7. The molecule has 0 saturated carbocycles. The summed E-state index contributed by atoms with van der Waals surface area (Å²) < 4.78 is 12.1. The van der Waals surface area contributed by atoms with Gasteiger partial charge in [-0.05, 0) is 19.1 Å². The third-order valence-electron chi connectivity index (χ3n) is 5.90. The van der Waals surface area contributed by atoms with Crippen LogP contribution in [0.3, 0.4) is 0 Å². The van der Waals surface area contributed by atoms with Gasteiger partial charge >= 0.3 is 0 Å². The molecule has 2 aromatic carbocycles. The fraction of sp³-hybridized carbons (Fsp3) is 0.364. The van der Waals surface area contributed by atoms with Crippen molar-refractivity contribution in [3.8, 4) is 11.5 Å². The van der Waals surface area contributed by atoms with Gasteiger partial charge < -0.3 is 14.4 Å². The van der Waals surface area contributed by atoms with Gasteiger partial charge in [-0.15, -0.1) is 11.3 Å². The average Bonchev–Trinajstić information content (AvgIpc) is 3.26. The lowest BCUT2D eigenvalue weighted by molar-refractivity contribution is -0.385. The lowest BCUT2D eigenvalue weighted by Crippen LogP contribution is -2.49. The molecule has 1 amide bonds. The number of hydrogen-bond acceptors (Lipinski definition) is 8. The maximum absolute atomic E-state index is 13.2. The molecule has 1 saturated heterocycles. The number of piperazine rings is 1. The Morgan fingerprint density at radius 1 is 1.12 bits per heavy atom. The molecule has 0 spiro atoms. The van der Waals surface area contributed by atoms with Crippen LogP contribution in [-0.4, -0.2) is 65.0 Å². The average molecular weight is 455 g/mol. The second kappa shape index (κ2) is 8.36. The van der Waals surface area contributed by atoms with Crippen molar-refractivity contribution in [2.75, 3.05) is 39.4 Å². The van der Waals surface area contributed by atoms with E-state index in [9.17, 15) is 14.9 Å². The highest BCUT2D eigenvalue weighted by molar-refractivity contribution is 7.18. The molecule has 9 nitrogen and oxygen atoms in total. The largest absolute Gasteiger partial charge is 0.486 e. The quantitative estimate of drug-likeness (QED) is 0.440. The maximum Gasteiger partial charge on any atom is 0.286 e. The van der Waals surface area contributed by atoms with Crippen LogP contribution in [-0.2, 0) is 0 Å². The molecular formula is C22H22N4O5S. The Morgan fingerprint density at radius 3 is 2.50 bits per heavy atom. The van der Waals surface area contributed by atoms with Crippen LogP contribution in [0.2, 0.25) is 0 Å². The van der Waals surface area contributed by atoms with Crippen molar-refractivity contribution in [2.45, 2.75) is 13.0 Å². The maximum atomic E-state index is 13.2. The Balaban J connectivity index is 1.31. The topological polar surface area (TPSA) is 98.0 Å². The molecule has 5 rings (SSSR count). The van der Waals surface area contributed by atoms with Crippen molar-refractivity contribution in [1.29, 1.82) is 0 Å². The van der Waals surface area contributed by atoms with Crippen LogP contribution in [0.5, 0.6) is 11.5 Å². The molecule has 0 radical (unpaired) electrons. The summed E-state index contributed by atoms with van der Waals surface area (Å²) in [5, 5.41) is 12.6. The normalized spacial score (nSPS) is 17.3. The van der Waals surface area contributed by atoms with Gasteiger partial charge in [0.05, 0.1) is 27.2 Å². The zero-order chi connectivity index (χ0) is 22.2. The number of nitrogens with zero attached hydrogens (tertiary/aromatic N) is 4. The number of ether oxygens (including phenoxy) is 2. The minimum Gasteiger partial charge on any atom is -0.486 e. The van der Waals surface area contributed by atoms with E-state index in [4.69, 9.17) is 14.5 Å². The molecule has 1 atom stereocenters. The number of fused-ring (bicyclic) bond motifs is 2. The summed E-state index contributed by atoms with van der Waals surface area (Å²) in [5.41, 5.74) is 0.774. The van der Waals surface area contributed by atoms with Gasteiger partial charge in [0.1, 0.15) is 23.8 Å². The van der Waals surface area contributed by atoms with Crippen LogP contribution in [0, 0.1) is 10.1 Å². The van der Waals surface area contributed by atoms with Crippen molar-refractivity contribution in [3.63, 3.8) is 0 Å². The van der Waals surface area contributed by atoms with Crippen molar-refractivity contribution < 1.29 is 19.2 Å². The number of nitro benzene ring substituents is 1. The smallest absolute Gasteiger partial charge is 0.286 e. The van der Waals surface area contributed by atoms with Gasteiger partial charge in [0, 0.05) is 32.2 Å². The molecule has 3 aromatic rings. The van der Waals surface area contributed by atoms with Gasteiger partial charge in [-0.2, -0.15) is 0 Å². The molecule has 32 heavy (non-hydrogen) atoms. The molecule has 0 bridgehead atoms. The number of rotatable bonds is 4. The van der Waals surface area contributed by atoms with Crippen LogP contribution >= 0.6 is 11.3 Å². The van der Waals surface area contributed by atoms with Gasteiger partial charge in [0.15, 0.2) is 11.5 Å². The lowest BCUT2D eigenvalue weighted by Gasteiger charge is -2.37. The van der Waals surface area contributed by atoms with E-state index in [1.165, 1.54) is 12.1 Å². The van der Waals surface area contributed by atoms with E-state index in [1.807, 2.05) is 18.2 Å². The van der Waals surface area contributed by atoms with Gasteiger partial charge in [0.2, 0.25) is 0 Å². The van der Waals surface area contributed by atoms with E-state index in [2.05, 4.69) is 17.9 Å². The van der Waals surface area contributed by atoms with Crippen LogP contribution < -0.4 is 9.47 Å². The molecule has 1 aromatic heterocycles. The zero-order valence-electron chi connectivity index (χ0n) is 17.5. The number of hydrogen-bond donors (Lipinski definition) is 0. The Kier molecular flexibility index (Phi) is 5.40. The van der Waals surface area contributed by atoms with Crippen molar-refractivity contribution in [3.05, 3.63) is 57.1 Å². The summed E-state index contributed by atoms with van der Waals surface area (Å²) in [4.78, 5) is 32.9. The van der Waals surface area contributed by atoms with Crippen molar-refractivity contribution in [2.24, 2.45) is 0 Å². The van der Waals surface area contributed by atoms with E-state index in [0.717, 1.165) is 15.2 Å². The highest BCUT2D eigenvalue weighted by Crippen LogP contribution is 2.37.